The molecular weight excluding hydrogens is 304 g/mol. The molecule has 7 heteroatoms. The number of rotatable bonds is 2. The molecule has 2 atom stereocenters. The molecule has 0 amide bonds. The first-order valence-electron chi connectivity index (χ1n) is 6.82. The van der Waals surface area contributed by atoms with Gasteiger partial charge in [0.05, 0.1) is 11.7 Å². The van der Waals surface area contributed by atoms with Crippen LogP contribution in [0.25, 0.3) is 0 Å². The molecule has 0 fully saturated rings. The predicted octanol–water partition coefficient (Wildman–Crippen LogP) is 1.36. The van der Waals surface area contributed by atoms with Crippen LogP contribution < -0.4 is 4.74 Å². The monoisotopic (exact) mass is 318 g/mol. The summed E-state index contributed by atoms with van der Waals surface area (Å²) in [6.45, 7) is 0. The number of aliphatic hydroxyl groups excluding tert-OH is 1. The van der Waals surface area contributed by atoms with Gasteiger partial charge in [-0.2, -0.15) is 0 Å². The van der Waals surface area contributed by atoms with Gasteiger partial charge in [0.2, 0.25) is 0 Å². The third-order valence-corrected chi connectivity index (χ3v) is 3.83. The molecule has 1 aliphatic rings. The standard InChI is InChI=1S/C16H14O7/c17-6-9-12(20)5-11(19)8-4-14(22)15(23-16(8)9)7-1-2-10(18)13(21)3-7/h1-3,5-6,14-15,18-22H,4H2/t14-,15+/m0/s1. The van der Waals surface area contributed by atoms with Crippen LogP contribution in [0, 0.1) is 0 Å². The highest BCUT2D eigenvalue weighted by atomic mass is 16.5. The summed E-state index contributed by atoms with van der Waals surface area (Å²) in [6, 6.07) is 4.96. The van der Waals surface area contributed by atoms with Gasteiger partial charge in [-0.05, 0) is 17.7 Å². The Hall–Kier alpha value is -2.93. The molecule has 23 heavy (non-hydrogen) atoms. The molecule has 0 aliphatic carbocycles. The van der Waals surface area contributed by atoms with E-state index in [1.165, 1.54) is 18.2 Å². The number of aromatic hydroxyl groups is 4. The molecule has 0 saturated carbocycles. The number of ether oxygens (including phenoxy) is 1. The van der Waals surface area contributed by atoms with Gasteiger partial charge in [0, 0.05) is 18.1 Å². The fourth-order valence-electron chi connectivity index (χ4n) is 2.66. The highest BCUT2D eigenvalue weighted by Crippen LogP contribution is 2.45. The van der Waals surface area contributed by atoms with Gasteiger partial charge >= 0.3 is 0 Å². The molecule has 2 aromatic rings. The van der Waals surface area contributed by atoms with Gasteiger partial charge in [0.1, 0.15) is 23.4 Å². The average molecular weight is 318 g/mol. The minimum atomic E-state index is -1.05. The summed E-state index contributed by atoms with van der Waals surface area (Å²) in [5, 5.41) is 48.8. The van der Waals surface area contributed by atoms with Crippen LogP contribution in [-0.4, -0.2) is 37.9 Å². The van der Waals surface area contributed by atoms with Crippen LogP contribution in [0.2, 0.25) is 0 Å². The van der Waals surface area contributed by atoms with Crippen LogP contribution in [-0.2, 0) is 6.42 Å². The van der Waals surface area contributed by atoms with E-state index in [1.54, 1.807) is 0 Å². The van der Waals surface area contributed by atoms with Crippen LogP contribution in [0.3, 0.4) is 0 Å². The average Bonchev–Trinajstić information content (AvgIpc) is 2.51. The topological polar surface area (TPSA) is 127 Å². The maximum Gasteiger partial charge on any atom is 0.157 e. The van der Waals surface area contributed by atoms with Gasteiger partial charge in [-0.25, -0.2) is 0 Å². The van der Waals surface area contributed by atoms with Crippen molar-refractivity contribution in [1.29, 1.82) is 0 Å². The van der Waals surface area contributed by atoms with E-state index in [-0.39, 0.29) is 40.5 Å². The quantitative estimate of drug-likeness (QED) is 0.418. The van der Waals surface area contributed by atoms with E-state index < -0.39 is 18.0 Å². The van der Waals surface area contributed by atoms with Crippen molar-refractivity contribution in [2.45, 2.75) is 18.6 Å². The molecule has 0 unspecified atom stereocenters. The number of hydrogen-bond donors (Lipinski definition) is 5. The summed E-state index contributed by atoms with van der Waals surface area (Å²) in [7, 11) is 0. The van der Waals surface area contributed by atoms with E-state index in [0.29, 0.717) is 11.8 Å². The Morgan fingerprint density at radius 1 is 1.00 bits per heavy atom. The first-order chi connectivity index (χ1) is 10.9. The van der Waals surface area contributed by atoms with Crippen molar-refractivity contribution < 1.29 is 35.1 Å². The highest BCUT2D eigenvalue weighted by molar-refractivity contribution is 5.85. The number of hydrogen-bond acceptors (Lipinski definition) is 7. The lowest BCUT2D eigenvalue weighted by atomic mass is 9.92. The summed E-state index contributed by atoms with van der Waals surface area (Å²) in [4.78, 5) is 11.2. The van der Waals surface area contributed by atoms with Gasteiger partial charge in [-0.3, -0.25) is 4.79 Å². The predicted molar refractivity (Wildman–Crippen MR) is 78.0 cm³/mol. The number of phenolic OH excluding ortho intramolecular Hbond substituents is 4. The number of aliphatic hydroxyl groups is 1. The molecule has 5 N–H and O–H groups in total. The van der Waals surface area contributed by atoms with Crippen molar-refractivity contribution in [3.8, 4) is 28.7 Å². The zero-order chi connectivity index (χ0) is 16.7. The Morgan fingerprint density at radius 2 is 1.74 bits per heavy atom. The van der Waals surface area contributed by atoms with Crippen molar-refractivity contribution >= 4 is 6.29 Å². The van der Waals surface area contributed by atoms with Crippen LogP contribution in [0.1, 0.15) is 27.6 Å². The first-order valence-corrected chi connectivity index (χ1v) is 6.82. The van der Waals surface area contributed by atoms with Crippen LogP contribution in [0.4, 0.5) is 0 Å². The van der Waals surface area contributed by atoms with E-state index >= 15 is 0 Å². The maximum absolute atomic E-state index is 11.2. The number of carbonyl (C=O) groups is 1. The van der Waals surface area contributed by atoms with Crippen molar-refractivity contribution in [3.05, 3.63) is 41.0 Å². The fraction of sp³-hybridized carbons (Fsp3) is 0.188. The maximum atomic E-state index is 11.2. The number of benzene rings is 2. The lowest BCUT2D eigenvalue weighted by molar-refractivity contribution is 0.0191. The minimum Gasteiger partial charge on any atom is -0.507 e. The third kappa shape index (κ3) is 2.40. The lowest BCUT2D eigenvalue weighted by Gasteiger charge is -2.32. The minimum absolute atomic E-state index is 0.00537. The molecule has 3 rings (SSSR count). The van der Waals surface area contributed by atoms with E-state index in [1.807, 2.05) is 0 Å². The molecule has 1 aliphatic heterocycles. The summed E-state index contributed by atoms with van der Waals surface area (Å²) >= 11 is 0. The van der Waals surface area contributed by atoms with Crippen molar-refractivity contribution in [2.24, 2.45) is 0 Å². The molecule has 0 saturated heterocycles. The summed E-state index contributed by atoms with van der Waals surface area (Å²) < 4.78 is 5.61. The SMILES string of the molecule is O=Cc1c(O)cc(O)c2c1O[C@H](c1ccc(O)c(O)c1)[C@@H](O)C2. The zero-order valence-electron chi connectivity index (χ0n) is 11.8. The van der Waals surface area contributed by atoms with Gasteiger partial charge < -0.3 is 30.3 Å². The molecule has 120 valence electrons. The second-order valence-electron chi connectivity index (χ2n) is 5.31. The lowest BCUT2D eigenvalue weighted by Crippen LogP contribution is -2.31. The number of carbonyl (C=O) groups excluding carboxylic acids is 1. The normalized spacial score (nSPS) is 19.7. The van der Waals surface area contributed by atoms with Crippen LogP contribution >= 0.6 is 0 Å². The van der Waals surface area contributed by atoms with Crippen molar-refractivity contribution in [2.75, 3.05) is 0 Å². The van der Waals surface area contributed by atoms with Gasteiger partial charge in [0.25, 0.3) is 0 Å². The summed E-state index contributed by atoms with van der Waals surface area (Å²) in [5.74, 6) is -1.42. The number of phenols is 4. The second-order valence-corrected chi connectivity index (χ2v) is 5.31. The Labute approximate surface area is 130 Å². The van der Waals surface area contributed by atoms with E-state index in [4.69, 9.17) is 4.74 Å². The summed E-state index contributed by atoms with van der Waals surface area (Å²) in [5.41, 5.74) is 0.465. The molecule has 0 radical (unpaired) electrons. The molecule has 0 bridgehead atoms. The van der Waals surface area contributed by atoms with E-state index in [0.717, 1.165) is 6.07 Å². The highest BCUT2D eigenvalue weighted by Gasteiger charge is 2.34. The van der Waals surface area contributed by atoms with E-state index in [2.05, 4.69) is 0 Å². The van der Waals surface area contributed by atoms with Crippen LogP contribution in [0.5, 0.6) is 28.7 Å². The molecule has 0 spiro atoms. The summed E-state index contributed by atoms with van der Waals surface area (Å²) in [6.07, 6.45) is -1.60. The van der Waals surface area contributed by atoms with Gasteiger partial charge in [-0.1, -0.05) is 6.07 Å². The number of fused-ring (bicyclic) bond motifs is 1. The molecule has 0 aromatic heterocycles. The Balaban J connectivity index is 2.09. The number of aldehydes is 1. The Morgan fingerprint density at radius 3 is 2.39 bits per heavy atom. The third-order valence-electron chi connectivity index (χ3n) is 3.83. The van der Waals surface area contributed by atoms with Crippen LogP contribution in [0.15, 0.2) is 24.3 Å². The first kappa shape index (κ1) is 15.0. The largest absolute Gasteiger partial charge is 0.507 e. The molecule has 7 nitrogen and oxygen atoms in total. The zero-order valence-corrected chi connectivity index (χ0v) is 11.8. The molecule has 1 heterocycles. The smallest absolute Gasteiger partial charge is 0.157 e. The Kier molecular flexibility index (Phi) is 3.49. The molecular formula is C16H14O7. The van der Waals surface area contributed by atoms with Gasteiger partial charge in [-0.15, -0.1) is 0 Å². The second kappa shape index (κ2) is 5.36. The van der Waals surface area contributed by atoms with E-state index in [9.17, 15) is 30.3 Å². The Bertz CT molecular complexity index is 784. The fourth-order valence-corrected chi connectivity index (χ4v) is 2.66. The molecule has 2 aromatic carbocycles. The van der Waals surface area contributed by atoms with Crippen molar-refractivity contribution in [1.82, 2.24) is 0 Å². The van der Waals surface area contributed by atoms with Crippen molar-refractivity contribution in [3.63, 3.8) is 0 Å². The van der Waals surface area contributed by atoms with Gasteiger partial charge in [0.15, 0.2) is 17.8 Å².